The molecule has 0 aromatic heterocycles. The van der Waals surface area contributed by atoms with E-state index < -0.39 is 5.60 Å². The van der Waals surface area contributed by atoms with Crippen LogP contribution < -0.4 is 0 Å². The van der Waals surface area contributed by atoms with Crippen LogP contribution in [0.4, 0.5) is 0 Å². The van der Waals surface area contributed by atoms with Crippen LogP contribution in [0.5, 0.6) is 0 Å². The summed E-state index contributed by atoms with van der Waals surface area (Å²) in [5.74, 6) is 0. The van der Waals surface area contributed by atoms with Gasteiger partial charge in [-0.25, -0.2) is 0 Å². The van der Waals surface area contributed by atoms with Gasteiger partial charge < -0.3 is 5.11 Å². The van der Waals surface area contributed by atoms with E-state index >= 15 is 0 Å². The number of hydrogen-bond donors (Lipinski definition) is 1. The van der Waals surface area contributed by atoms with E-state index in [0.717, 1.165) is 5.57 Å². The molecular weight excluding hydrogens is 136 g/mol. The van der Waals surface area contributed by atoms with E-state index in [1.807, 2.05) is 0 Å². The van der Waals surface area contributed by atoms with Gasteiger partial charge in [0.1, 0.15) is 0 Å². The van der Waals surface area contributed by atoms with Crippen LogP contribution in [-0.2, 0) is 0 Å². The molecule has 1 nitrogen and oxygen atoms in total. The van der Waals surface area contributed by atoms with Crippen LogP contribution >= 0.6 is 11.6 Å². The lowest BCUT2D eigenvalue weighted by Gasteiger charge is -2.23. The molecule has 2 heteroatoms. The van der Waals surface area contributed by atoms with Crippen molar-refractivity contribution >= 4 is 11.6 Å². The molecule has 0 rings (SSSR count). The summed E-state index contributed by atoms with van der Waals surface area (Å²) in [7, 11) is 0. The molecule has 0 fully saturated rings. The predicted molar refractivity (Wildman–Crippen MR) is 40.8 cm³/mol. The Hall–Kier alpha value is -0.0100. The largest absolute Gasteiger partial charge is 0.389 e. The summed E-state index contributed by atoms with van der Waals surface area (Å²) in [6.45, 7) is 8.76. The van der Waals surface area contributed by atoms with Crippen LogP contribution in [0, 0.1) is 0 Å². The third-order valence-electron chi connectivity index (χ3n) is 1.05. The van der Waals surface area contributed by atoms with E-state index in [4.69, 9.17) is 11.6 Å². The van der Waals surface area contributed by atoms with Crippen LogP contribution in [-0.4, -0.2) is 16.1 Å². The Kier molecular flexibility index (Phi) is 2.71. The molecule has 0 heterocycles. The van der Waals surface area contributed by atoms with Crippen molar-refractivity contribution in [2.24, 2.45) is 0 Å². The lowest BCUT2D eigenvalue weighted by molar-refractivity contribution is 0.0847. The Labute approximate surface area is 61.3 Å². The second-order valence-corrected chi connectivity index (χ2v) is 3.30. The van der Waals surface area contributed by atoms with Gasteiger partial charge in [0.05, 0.1) is 11.0 Å². The lowest BCUT2D eigenvalue weighted by atomic mass is 10.0. The number of halogens is 1. The van der Waals surface area contributed by atoms with Crippen molar-refractivity contribution in [2.45, 2.75) is 31.7 Å². The zero-order valence-corrected chi connectivity index (χ0v) is 6.87. The highest BCUT2D eigenvalue weighted by atomic mass is 35.5. The Bertz CT molecular complexity index is 113. The minimum atomic E-state index is -0.854. The molecule has 0 saturated heterocycles. The average Bonchev–Trinajstić information content (AvgIpc) is 1.62. The molecule has 0 saturated carbocycles. The fraction of sp³-hybridized carbons (Fsp3) is 0.714. The predicted octanol–water partition coefficient (Wildman–Crippen LogP) is 1.94. The van der Waals surface area contributed by atoms with Crippen molar-refractivity contribution in [3.05, 3.63) is 12.2 Å². The summed E-state index contributed by atoms with van der Waals surface area (Å²) in [5.41, 5.74) is -0.0583. The first-order chi connectivity index (χ1) is 3.85. The lowest BCUT2D eigenvalue weighted by Crippen LogP contribution is -2.32. The first kappa shape index (κ1) is 8.99. The quantitative estimate of drug-likeness (QED) is 0.469. The molecule has 54 valence electrons. The Morgan fingerprint density at radius 1 is 1.67 bits per heavy atom. The molecule has 0 radical (unpaired) electrons. The fourth-order valence-electron chi connectivity index (χ4n) is 0.603. The Balaban J connectivity index is 4.04. The summed E-state index contributed by atoms with van der Waals surface area (Å²) in [6, 6.07) is 0. The van der Waals surface area contributed by atoms with Gasteiger partial charge in [0.15, 0.2) is 0 Å². The van der Waals surface area contributed by atoms with E-state index in [-0.39, 0.29) is 5.38 Å². The summed E-state index contributed by atoms with van der Waals surface area (Å²) in [4.78, 5) is 0. The second kappa shape index (κ2) is 2.72. The van der Waals surface area contributed by atoms with Crippen molar-refractivity contribution in [1.29, 1.82) is 0 Å². The molecule has 0 aromatic carbocycles. The van der Waals surface area contributed by atoms with Gasteiger partial charge in [0.25, 0.3) is 0 Å². The molecule has 0 bridgehead atoms. The average molecular weight is 149 g/mol. The minimum Gasteiger partial charge on any atom is -0.389 e. The number of hydrogen-bond acceptors (Lipinski definition) is 1. The van der Waals surface area contributed by atoms with E-state index in [1.54, 1.807) is 20.8 Å². The van der Waals surface area contributed by atoms with Crippen molar-refractivity contribution in [2.75, 3.05) is 0 Å². The SMILES string of the molecule is C=C(C)C(Cl)C(C)(C)O. The molecule has 1 unspecified atom stereocenters. The van der Waals surface area contributed by atoms with Gasteiger partial charge >= 0.3 is 0 Å². The van der Waals surface area contributed by atoms with Crippen LogP contribution in [0.2, 0.25) is 0 Å². The fourth-order valence-corrected chi connectivity index (χ4v) is 0.603. The first-order valence-corrected chi connectivity index (χ1v) is 3.31. The van der Waals surface area contributed by atoms with E-state index in [1.165, 1.54) is 0 Å². The van der Waals surface area contributed by atoms with E-state index in [0.29, 0.717) is 0 Å². The molecule has 0 amide bonds. The Morgan fingerprint density at radius 3 is 2.00 bits per heavy atom. The highest BCUT2D eigenvalue weighted by Crippen LogP contribution is 2.20. The summed E-state index contributed by atoms with van der Waals surface area (Å²) < 4.78 is 0. The summed E-state index contributed by atoms with van der Waals surface area (Å²) in [5, 5.41) is 8.91. The standard InChI is InChI=1S/C7H13ClO/c1-5(2)6(8)7(3,4)9/h6,9H,1H2,2-4H3. The normalized spacial score (nSPS) is 15.2. The summed E-state index contributed by atoms with van der Waals surface area (Å²) >= 11 is 5.74. The molecule has 9 heavy (non-hydrogen) atoms. The van der Waals surface area contributed by atoms with Gasteiger partial charge in [-0.2, -0.15) is 0 Å². The third kappa shape index (κ3) is 2.87. The van der Waals surface area contributed by atoms with Crippen LogP contribution in [0.15, 0.2) is 12.2 Å². The molecule has 0 aliphatic rings. The number of aliphatic hydroxyl groups is 1. The maximum atomic E-state index is 9.26. The molecule has 0 spiro atoms. The van der Waals surface area contributed by atoms with Crippen molar-refractivity contribution in [1.82, 2.24) is 0 Å². The van der Waals surface area contributed by atoms with Crippen LogP contribution in [0.25, 0.3) is 0 Å². The smallest absolute Gasteiger partial charge is 0.0822 e. The zero-order valence-electron chi connectivity index (χ0n) is 6.11. The topological polar surface area (TPSA) is 20.2 Å². The molecule has 0 aromatic rings. The van der Waals surface area contributed by atoms with Crippen LogP contribution in [0.3, 0.4) is 0 Å². The van der Waals surface area contributed by atoms with Crippen molar-refractivity contribution in [3.63, 3.8) is 0 Å². The molecule has 1 N–H and O–H groups in total. The van der Waals surface area contributed by atoms with Gasteiger partial charge in [-0.1, -0.05) is 12.2 Å². The van der Waals surface area contributed by atoms with Crippen molar-refractivity contribution < 1.29 is 5.11 Å². The van der Waals surface area contributed by atoms with Crippen LogP contribution in [0.1, 0.15) is 20.8 Å². The molecule has 0 aliphatic carbocycles. The van der Waals surface area contributed by atoms with Gasteiger partial charge in [-0.15, -0.1) is 11.6 Å². The van der Waals surface area contributed by atoms with Gasteiger partial charge in [-0.3, -0.25) is 0 Å². The number of alkyl halides is 1. The Morgan fingerprint density at radius 2 is 2.00 bits per heavy atom. The molecule has 0 aliphatic heterocycles. The monoisotopic (exact) mass is 148 g/mol. The third-order valence-corrected chi connectivity index (χ3v) is 1.96. The highest BCUT2D eigenvalue weighted by molar-refractivity contribution is 6.23. The van der Waals surface area contributed by atoms with Gasteiger partial charge in [0, 0.05) is 0 Å². The summed E-state index contributed by atoms with van der Waals surface area (Å²) in [6.07, 6.45) is 0. The second-order valence-electron chi connectivity index (χ2n) is 2.86. The zero-order chi connectivity index (χ0) is 7.65. The minimum absolute atomic E-state index is 0.350. The maximum Gasteiger partial charge on any atom is 0.0822 e. The van der Waals surface area contributed by atoms with Crippen molar-refractivity contribution in [3.8, 4) is 0 Å². The molecular formula is C7H13ClO. The van der Waals surface area contributed by atoms with Gasteiger partial charge in [0.2, 0.25) is 0 Å². The molecule has 1 atom stereocenters. The van der Waals surface area contributed by atoms with E-state index in [2.05, 4.69) is 6.58 Å². The highest BCUT2D eigenvalue weighted by Gasteiger charge is 2.24. The first-order valence-electron chi connectivity index (χ1n) is 2.87. The van der Waals surface area contributed by atoms with Gasteiger partial charge in [-0.05, 0) is 20.8 Å². The number of rotatable bonds is 2. The maximum absolute atomic E-state index is 9.26. The van der Waals surface area contributed by atoms with E-state index in [9.17, 15) is 5.11 Å².